The molecule has 138 valence electrons. The van der Waals surface area contributed by atoms with Crippen LogP contribution in [0.25, 0.3) is 0 Å². The number of rotatable bonds is 5. The van der Waals surface area contributed by atoms with Crippen LogP contribution in [0.15, 0.2) is 24.3 Å². The maximum Gasteiger partial charge on any atom is 0.391 e. The fourth-order valence-corrected chi connectivity index (χ4v) is 2.94. The van der Waals surface area contributed by atoms with Crippen LogP contribution < -0.4 is 5.32 Å². The van der Waals surface area contributed by atoms with E-state index in [0.717, 1.165) is 6.42 Å². The minimum Gasteiger partial charge on any atom is -0.462 e. The highest BCUT2D eigenvalue weighted by Crippen LogP contribution is 2.40. The number of anilines is 1. The van der Waals surface area contributed by atoms with Gasteiger partial charge in [0.2, 0.25) is 5.91 Å². The highest BCUT2D eigenvalue weighted by molar-refractivity contribution is 5.94. The van der Waals surface area contributed by atoms with Crippen molar-refractivity contribution in [3.05, 3.63) is 29.8 Å². The van der Waals surface area contributed by atoms with Gasteiger partial charge in [0.25, 0.3) is 0 Å². The molecule has 25 heavy (non-hydrogen) atoms. The minimum atomic E-state index is -4.25. The van der Waals surface area contributed by atoms with Gasteiger partial charge < -0.3 is 10.1 Å². The monoisotopic (exact) mass is 357 g/mol. The zero-order valence-electron chi connectivity index (χ0n) is 14.1. The second-order valence-electron chi connectivity index (χ2n) is 6.30. The Balaban J connectivity index is 1.93. The number of hydrogen-bond acceptors (Lipinski definition) is 3. The molecule has 1 aromatic rings. The Kier molecular flexibility index (Phi) is 6.45. The smallest absolute Gasteiger partial charge is 0.391 e. The molecule has 1 aromatic carbocycles. The minimum absolute atomic E-state index is 0.0852. The number of ether oxygens (including phenoxy) is 1. The number of benzene rings is 1. The topological polar surface area (TPSA) is 55.4 Å². The van der Waals surface area contributed by atoms with E-state index in [0.29, 0.717) is 30.7 Å². The van der Waals surface area contributed by atoms with E-state index in [-0.39, 0.29) is 12.8 Å². The third-order valence-corrected chi connectivity index (χ3v) is 4.33. The molecule has 0 heterocycles. The molecular formula is C18H22F3NO3. The Morgan fingerprint density at radius 2 is 1.88 bits per heavy atom. The zero-order valence-corrected chi connectivity index (χ0v) is 14.1. The Morgan fingerprint density at radius 3 is 2.48 bits per heavy atom. The molecule has 4 nitrogen and oxygen atoms in total. The van der Waals surface area contributed by atoms with Gasteiger partial charge in [-0.15, -0.1) is 0 Å². The van der Waals surface area contributed by atoms with Crippen molar-refractivity contribution in [1.29, 1.82) is 0 Å². The van der Waals surface area contributed by atoms with Crippen molar-refractivity contribution in [3.63, 3.8) is 0 Å². The molecule has 1 aliphatic carbocycles. The normalized spacial score (nSPS) is 20.8. The number of halogens is 3. The molecule has 0 saturated heterocycles. The van der Waals surface area contributed by atoms with Crippen LogP contribution in [-0.2, 0) is 9.53 Å². The molecule has 7 heteroatoms. The average molecular weight is 357 g/mol. The molecule has 0 radical (unpaired) electrons. The number of carbonyl (C=O) groups is 2. The van der Waals surface area contributed by atoms with Crippen LogP contribution >= 0.6 is 0 Å². The Hall–Kier alpha value is -2.05. The van der Waals surface area contributed by atoms with Crippen molar-refractivity contribution in [2.24, 2.45) is 11.8 Å². The molecule has 1 aliphatic rings. The van der Waals surface area contributed by atoms with Crippen molar-refractivity contribution < 1.29 is 27.5 Å². The van der Waals surface area contributed by atoms with Crippen LogP contribution in [0.3, 0.4) is 0 Å². The predicted molar refractivity (Wildman–Crippen MR) is 87.1 cm³/mol. The average Bonchev–Trinajstić information content (AvgIpc) is 2.59. The summed E-state index contributed by atoms with van der Waals surface area (Å²) in [5.74, 6) is -2.91. The first-order valence-corrected chi connectivity index (χ1v) is 8.46. The molecular weight excluding hydrogens is 335 g/mol. The highest BCUT2D eigenvalue weighted by atomic mass is 19.4. The molecule has 1 saturated carbocycles. The number of alkyl halides is 3. The van der Waals surface area contributed by atoms with Crippen molar-refractivity contribution in [1.82, 2.24) is 0 Å². The third-order valence-electron chi connectivity index (χ3n) is 4.33. The molecule has 1 fully saturated rings. The molecule has 0 aromatic heterocycles. The van der Waals surface area contributed by atoms with Gasteiger partial charge in [-0.1, -0.05) is 13.3 Å². The summed E-state index contributed by atoms with van der Waals surface area (Å²) in [6.45, 7) is 2.22. The van der Waals surface area contributed by atoms with Gasteiger partial charge in [-0.2, -0.15) is 13.2 Å². The van der Waals surface area contributed by atoms with Gasteiger partial charge in [-0.05, 0) is 49.9 Å². The summed E-state index contributed by atoms with van der Waals surface area (Å²) in [6, 6.07) is 6.13. The summed E-state index contributed by atoms with van der Waals surface area (Å²) in [6.07, 6.45) is -2.76. The molecule has 1 amide bonds. The summed E-state index contributed by atoms with van der Waals surface area (Å²) in [5.41, 5.74) is 0.812. The molecule has 0 aliphatic heterocycles. The molecule has 2 atom stereocenters. The summed E-state index contributed by atoms with van der Waals surface area (Å²) in [7, 11) is 0. The maximum absolute atomic E-state index is 12.8. The number of carbonyl (C=O) groups excluding carboxylic acids is 2. The van der Waals surface area contributed by atoms with Gasteiger partial charge in [-0.25, -0.2) is 4.79 Å². The van der Waals surface area contributed by atoms with Gasteiger partial charge in [-0.3, -0.25) is 4.79 Å². The summed E-state index contributed by atoms with van der Waals surface area (Å²) in [5, 5.41) is 2.63. The van der Waals surface area contributed by atoms with Crippen molar-refractivity contribution in [2.45, 2.75) is 45.2 Å². The van der Waals surface area contributed by atoms with E-state index < -0.39 is 29.9 Å². The highest BCUT2D eigenvalue weighted by Gasteiger charge is 2.43. The van der Waals surface area contributed by atoms with Crippen LogP contribution in [0.5, 0.6) is 0 Å². The standard InChI is InChI=1S/C18H22F3NO3/c1-2-10-25-17(24)12-6-8-15(9-7-12)22-16(23)13-4-3-5-14(11-13)18(19,20)21/h6-9,13-14H,2-5,10-11H2,1H3,(H,22,23). The fraction of sp³-hybridized carbons (Fsp3) is 0.556. The van der Waals surface area contributed by atoms with E-state index in [1.165, 1.54) is 12.1 Å². The van der Waals surface area contributed by atoms with Crippen molar-refractivity contribution >= 4 is 17.6 Å². The first-order chi connectivity index (χ1) is 11.8. The second-order valence-corrected chi connectivity index (χ2v) is 6.30. The van der Waals surface area contributed by atoms with Gasteiger partial charge in [0.1, 0.15) is 0 Å². The van der Waals surface area contributed by atoms with Gasteiger partial charge in [0.05, 0.1) is 18.1 Å². The lowest BCUT2D eigenvalue weighted by atomic mass is 9.80. The molecule has 2 unspecified atom stereocenters. The predicted octanol–water partition coefficient (Wildman–Crippen LogP) is 4.56. The zero-order chi connectivity index (χ0) is 18.4. The van der Waals surface area contributed by atoms with Crippen LogP contribution in [0, 0.1) is 11.8 Å². The molecule has 0 spiro atoms. The van der Waals surface area contributed by atoms with E-state index in [9.17, 15) is 22.8 Å². The van der Waals surface area contributed by atoms with E-state index >= 15 is 0 Å². The van der Waals surface area contributed by atoms with Gasteiger partial charge in [0, 0.05) is 11.6 Å². The summed E-state index contributed by atoms with van der Waals surface area (Å²) < 4.78 is 43.5. The van der Waals surface area contributed by atoms with E-state index in [4.69, 9.17) is 4.74 Å². The second kappa shape index (κ2) is 8.36. The Morgan fingerprint density at radius 1 is 1.20 bits per heavy atom. The lowest BCUT2D eigenvalue weighted by Crippen LogP contribution is -2.34. The van der Waals surface area contributed by atoms with Gasteiger partial charge >= 0.3 is 12.1 Å². The number of amides is 1. The Bertz CT molecular complexity index is 599. The van der Waals surface area contributed by atoms with Crippen molar-refractivity contribution in [2.75, 3.05) is 11.9 Å². The van der Waals surface area contributed by atoms with E-state index in [1.807, 2.05) is 6.92 Å². The lowest BCUT2D eigenvalue weighted by molar-refractivity contribution is -0.185. The largest absolute Gasteiger partial charge is 0.462 e. The van der Waals surface area contributed by atoms with Crippen LogP contribution in [0.1, 0.15) is 49.4 Å². The quantitative estimate of drug-likeness (QED) is 0.786. The number of nitrogens with one attached hydrogen (secondary N) is 1. The number of hydrogen-bond donors (Lipinski definition) is 1. The molecule has 1 N–H and O–H groups in total. The number of esters is 1. The first kappa shape index (κ1) is 19.3. The maximum atomic E-state index is 12.8. The lowest BCUT2D eigenvalue weighted by Gasteiger charge is -2.29. The summed E-state index contributed by atoms with van der Waals surface area (Å²) >= 11 is 0. The van der Waals surface area contributed by atoms with Crippen LogP contribution in [-0.4, -0.2) is 24.7 Å². The van der Waals surface area contributed by atoms with Crippen LogP contribution in [0.2, 0.25) is 0 Å². The molecule has 2 rings (SSSR count). The third kappa shape index (κ3) is 5.47. The molecule has 0 bridgehead atoms. The fourth-order valence-electron chi connectivity index (χ4n) is 2.94. The van der Waals surface area contributed by atoms with E-state index in [2.05, 4.69) is 5.32 Å². The first-order valence-electron chi connectivity index (χ1n) is 8.46. The van der Waals surface area contributed by atoms with Gasteiger partial charge in [0.15, 0.2) is 0 Å². The van der Waals surface area contributed by atoms with Crippen molar-refractivity contribution in [3.8, 4) is 0 Å². The Labute approximate surface area is 144 Å². The SMILES string of the molecule is CCCOC(=O)c1ccc(NC(=O)C2CCCC(C(F)(F)F)C2)cc1. The van der Waals surface area contributed by atoms with E-state index in [1.54, 1.807) is 12.1 Å². The summed E-state index contributed by atoms with van der Waals surface area (Å²) in [4.78, 5) is 23.9. The van der Waals surface area contributed by atoms with Crippen LogP contribution in [0.4, 0.5) is 18.9 Å².